The molecule has 0 aliphatic heterocycles. The Hall–Kier alpha value is -3.87. The van der Waals surface area contributed by atoms with Gasteiger partial charge in [0.1, 0.15) is 30.8 Å². The first-order chi connectivity index (χ1) is 13.0. The van der Waals surface area contributed by atoms with Crippen LogP contribution in [-0.2, 0) is 19.1 Å². The molecule has 0 amide bonds. The van der Waals surface area contributed by atoms with Crippen molar-refractivity contribution in [3.8, 4) is 11.5 Å². The van der Waals surface area contributed by atoms with Crippen molar-refractivity contribution in [3.05, 3.63) is 86.5 Å². The molecule has 2 aromatic carbocycles. The highest BCUT2D eigenvalue weighted by atomic mass is 19.1. The van der Waals surface area contributed by atoms with Gasteiger partial charge in [-0.05, 0) is 29.7 Å². The number of hydrogen-bond acceptors (Lipinski definition) is 6. The van der Waals surface area contributed by atoms with Crippen molar-refractivity contribution >= 4 is 22.7 Å². The Labute approximate surface area is 154 Å². The fraction of sp³-hybridized carbons (Fsp3) is 0. The van der Waals surface area contributed by atoms with E-state index in [-0.39, 0.29) is 5.75 Å². The van der Waals surface area contributed by atoms with Crippen molar-refractivity contribution in [1.29, 1.82) is 0 Å². The minimum absolute atomic E-state index is 0.0432. The van der Waals surface area contributed by atoms with E-state index in [1.54, 1.807) is 12.1 Å². The van der Waals surface area contributed by atoms with Crippen molar-refractivity contribution < 1.29 is 32.9 Å². The Morgan fingerprint density at radius 1 is 0.852 bits per heavy atom. The van der Waals surface area contributed by atoms with Crippen LogP contribution >= 0.6 is 0 Å². The first-order valence-electron chi connectivity index (χ1n) is 7.57. The number of carbonyl (C=O) groups is 2. The van der Waals surface area contributed by atoms with Crippen molar-refractivity contribution in [3.63, 3.8) is 0 Å². The minimum atomic E-state index is -0.658. The largest absolute Gasteiger partial charge is 0.462 e. The second-order valence-corrected chi connectivity index (χ2v) is 4.82. The fourth-order valence-electron chi connectivity index (χ4n) is 1.91. The molecule has 0 atom stereocenters. The first-order valence-corrected chi connectivity index (χ1v) is 7.57. The van der Waals surface area contributed by atoms with Gasteiger partial charge in [-0.2, -0.15) is 0 Å². The summed E-state index contributed by atoms with van der Waals surface area (Å²) in [7, 11) is 0. The van der Waals surface area contributed by atoms with Crippen molar-refractivity contribution in [1.82, 2.24) is 0 Å². The molecule has 0 bridgehead atoms. The van der Waals surface area contributed by atoms with Gasteiger partial charge >= 0.3 is 11.9 Å². The molecule has 0 saturated carbocycles. The Kier molecular flexibility index (Phi) is 6.90. The summed E-state index contributed by atoms with van der Waals surface area (Å²) >= 11 is 0. The fourth-order valence-corrected chi connectivity index (χ4v) is 1.91. The van der Waals surface area contributed by atoms with Crippen LogP contribution in [0.5, 0.6) is 11.5 Å². The molecule has 7 heteroatoms. The van der Waals surface area contributed by atoms with Gasteiger partial charge in [0.25, 0.3) is 0 Å². The van der Waals surface area contributed by atoms with E-state index in [0.29, 0.717) is 16.5 Å². The van der Waals surface area contributed by atoms with Crippen LogP contribution in [0.2, 0.25) is 0 Å². The zero-order chi connectivity index (χ0) is 19.6. The van der Waals surface area contributed by atoms with E-state index in [4.69, 9.17) is 9.47 Å². The molecule has 0 unspecified atom stereocenters. The number of fused-ring (bicyclic) bond motifs is 1. The highest BCUT2D eigenvalue weighted by Crippen LogP contribution is 2.29. The number of hydrogen-bond donors (Lipinski definition) is 0. The standard InChI is InChI=1S/C20H15FO6/c1-3-18(22)26-11-9-24-15-6-7-16-14(13-15)5-8-17(20(16)21)25-10-12-27-19(23)4-2/h3-13H,1-2H2/b11-9-,12-10-. The van der Waals surface area contributed by atoms with Gasteiger partial charge in [-0.3, -0.25) is 0 Å². The molecule has 27 heavy (non-hydrogen) atoms. The number of ether oxygens (including phenoxy) is 4. The normalized spacial score (nSPS) is 10.7. The van der Waals surface area contributed by atoms with E-state index < -0.39 is 17.8 Å². The summed E-state index contributed by atoms with van der Waals surface area (Å²) in [5.74, 6) is -1.49. The molecule has 138 valence electrons. The third-order valence-corrected chi connectivity index (χ3v) is 3.10. The maximum absolute atomic E-state index is 14.5. The third kappa shape index (κ3) is 5.57. The molecule has 6 nitrogen and oxygen atoms in total. The van der Waals surface area contributed by atoms with Gasteiger partial charge < -0.3 is 18.9 Å². The molecule has 2 aromatic rings. The molecule has 0 radical (unpaired) electrons. The maximum atomic E-state index is 14.5. The van der Waals surface area contributed by atoms with Crippen LogP contribution in [0.15, 0.2) is 80.7 Å². The summed E-state index contributed by atoms with van der Waals surface area (Å²) < 4.78 is 34.1. The van der Waals surface area contributed by atoms with E-state index in [2.05, 4.69) is 22.6 Å². The van der Waals surface area contributed by atoms with E-state index in [1.807, 2.05) is 0 Å². The third-order valence-electron chi connectivity index (χ3n) is 3.10. The van der Waals surface area contributed by atoms with Gasteiger partial charge in [0.2, 0.25) is 0 Å². The van der Waals surface area contributed by atoms with Crippen LogP contribution in [0, 0.1) is 5.82 Å². The lowest BCUT2D eigenvalue weighted by molar-refractivity contribution is -0.133. The lowest BCUT2D eigenvalue weighted by atomic mass is 10.1. The van der Waals surface area contributed by atoms with E-state index in [1.165, 1.54) is 24.5 Å². The molecule has 0 saturated heterocycles. The van der Waals surface area contributed by atoms with Crippen molar-refractivity contribution in [2.24, 2.45) is 0 Å². The molecule has 0 N–H and O–H groups in total. The second kappa shape index (κ2) is 9.57. The van der Waals surface area contributed by atoms with Crippen LogP contribution in [0.1, 0.15) is 0 Å². The lowest BCUT2D eigenvalue weighted by Gasteiger charge is -2.07. The van der Waals surface area contributed by atoms with Crippen LogP contribution in [0.4, 0.5) is 4.39 Å². The molecule has 0 fully saturated rings. The zero-order valence-corrected chi connectivity index (χ0v) is 14.1. The average Bonchev–Trinajstić information content (AvgIpc) is 2.69. The number of benzene rings is 2. The predicted molar refractivity (Wildman–Crippen MR) is 96.0 cm³/mol. The number of carbonyl (C=O) groups excluding carboxylic acids is 2. The van der Waals surface area contributed by atoms with Gasteiger partial charge in [0.05, 0.1) is 0 Å². The van der Waals surface area contributed by atoms with Crippen LogP contribution in [0.25, 0.3) is 10.8 Å². The molecule has 0 aliphatic rings. The zero-order valence-electron chi connectivity index (χ0n) is 14.1. The molecule has 0 spiro atoms. The summed E-state index contributed by atoms with van der Waals surface area (Å²) in [6, 6.07) is 7.70. The summed E-state index contributed by atoms with van der Waals surface area (Å²) in [4.78, 5) is 21.7. The first kappa shape index (κ1) is 19.5. The molecular formula is C20H15FO6. The maximum Gasteiger partial charge on any atom is 0.335 e. The summed E-state index contributed by atoms with van der Waals surface area (Å²) in [5, 5.41) is 0.870. The van der Waals surface area contributed by atoms with Crippen molar-refractivity contribution in [2.45, 2.75) is 0 Å². The minimum Gasteiger partial charge on any atom is -0.462 e. The van der Waals surface area contributed by atoms with Crippen LogP contribution < -0.4 is 9.47 Å². The smallest absolute Gasteiger partial charge is 0.335 e. The average molecular weight is 370 g/mol. The predicted octanol–water partition coefficient (Wildman–Crippen LogP) is 4.14. The Morgan fingerprint density at radius 3 is 2.11 bits per heavy atom. The number of halogens is 1. The SMILES string of the molecule is C=CC(=O)O/C=C\Oc1ccc2c(F)c(O/C=C\OC(=O)C=C)ccc2c1. The Bertz CT molecular complexity index is 929. The molecule has 0 heterocycles. The quantitative estimate of drug-likeness (QED) is 0.395. The second-order valence-electron chi connectivity index (χ2n) is 4.82. The van der Waals surface area contributed by atoms with Crippen LogP contribution in [-0.4, -0.2) is 11.9 Å². The van der Waals surface area contributed by atoms with E-state index >= 15 is 0 Å². The molecular weight excluding hydrogens is 355 g/mol. The van der Waals surface area contributed by atoms with E-state index in [0.717, 1.165) is 30.9 Å². The number of esters is 2. The number of rotatable bonds is 8. The van der Waals surface area contributed by atoms with Gasteiger partial charge in [0.15, 0.2) is 11.6 Å². The topological polar surface area (TPSA) is 71.1 Å². The Balaban J connectivity index is 2.07. The Morgan fingerprint density at radius 2 is 1.48 bits per heavy atom. The highest BCUT2D eigenvalue weighted by Gasteiger charge is 2.09. The van der Waals surface area contributed by atoms with Gasteiger partial charge in [-0.15, -0.1) is 0 Å². The van der Waals surface area contributed by atoms with Crippen LogP contribution in [0.3, 0.4) is 0 Å². The van der Waals surface area contributed by atoms with E-state index in [9.17, 15) is 14.0 Å². The monoisotopic (exact) mass is 370 g/mol. The summed E-state index contributed by atoms with van der Waals surface area (Å²) in [6.45, 7) is 6.50. The summed E-state index contributed by atoms with van der Waals surface area (Å²) in [5.41, 5.74) is 0. The van der Waals surface area contributed by atoms with Crippen molar-refractivity contribution in [2.75, 3.05) is 0 Å². The van der Waals surface area contributed by atoms with Gasteiger partial charge in [-0.1, -0.05) is 19.2 Å². The molecule has 0 aliphatic carbocycles. The van der Waals surface area contributed by atoms with Gasteiger partial charge in [-0.25, -0.2) is 14.0 Å². The van der Waals surface area contributed by atoms with Gasteiger partial charge in [0, 0.05) is 17.5 Å². The molecule has 2 rings (SSSR count). The highest BCUT2D eigenvalue weighted by molar-refractivity contribution is 5.86. The molecule has 0 aromatic heterocycles. The lowest BCUT2D eigenvalue weighted by Crippen LogP contribution is -1.94. The summed E-state index contributed by atoms with van der Waals surface area (Å²) in [6.07, 6.45) is 6.26.